The summed E-state index contributed by atoms with van der Waals surface area (Å²) in [6, 6.07) is 6.01. The fraction of sp³-hybridized carbons (Fsp3) is 0.235. The van der Waals surface area contributed by atoms with E-state index in [9.17, 15) is 26.4 Å². The summed E-state index contributed by atoms with van der Waals surface area (Å²) in [6.45, 7) is 1.01. The molecule has 1 N–H and O–H groups in total. The largest absolute Gasteiger partial charge is 0.495 e. The third kappa shape index (κ3) is 4.40. The maximum absolute atomic E-state index is 13.6. The maximum atomic E-state index is 13.6. The number of likely N-dealkylation sites (N-methyl/N-ethyl adjacent to an activating group) is 1. The van der Waals surface area contributed by atoms with E-state index in [-0.39, 0.29) is 10.6 Å². The smallest absolute Gasteiger partial charge is 0.246 e. The molecule has 27 heavy (non-hydrogen) atoms. The van der Waals surface area contributed by atoms with Crippen LogP contribution in [0.1, 0.15) is 5.56 Å². The van der Waals surface area contributed by atoms with Crippen LogP contribution in [0.15, 0.2) is 35.2 Å². The van der Waals surface area contributed by atoms with Crippen LogP contribution in [0.2, 0.25) is 0 Å². The number of ether oxygens (including phenoxy) is 1. The van der Waals surface area contributed by atoms with Crippen LogP contribution in [0.5, 0.6) is 5.75 Å². The average molecular weight is 402 g/mol. The maximum Gasteiger partial charge on any atom is 0.246 e. The van der Waals surface area contributed by atoms with E-state index in [1.165, 1.54) is 19.2 Å². The van der Waals surface area contributed by atoms with Gasteiger partial charge in [0.05, 0.1) is 19.3 Å². The standard InChI is InChI=1S/C17H17F3N2O4S/c1-10-4-7-13(26-3)14(8-10)27(24,25)22(2)9-15(23)21-12-6-5-11(18)16(19)17(12)20/h4-8H,9H2,1-3H3,(H,21,23). The van der Waals surface area contributed by atoms with Gasteiger partial charge in [-0.05, 0) is 36.8 Å². The van der Waals surface area contributed by atoms with Crippen molar-refractivity contribution in [1.82, 2.24) is 4.31 Å². The van der Waals surface area contributed by atoms with Gasteiger partial charge >= 0.3 is 0 Å². The SMILES string of the molecule is COc1ccc(C)cc1S(=O)(=O)N(C)CC(=O)Nc1ccc(F)c(F)c1F. The first kappa shape index (κ1) is 20.7. The van der Waals surface area contributed by atoms with Crippen LogP contribution in [-0.4, -0.2) is 39.3 Å². The van der Waals surface area contributed by atoms with Gasteiger partial charge in [-0.25, -0.2) is 21.6 Å². The molecule has 0 atom stereocenters. The number of halogens is 3. The number of carbonyl (C=O) groups is 1. The molecule has 146 valence electrons. The highest BCUT2D eigenvalue weighted by atomic mass is 32.2. The van der Waals surface area contributed by atoms with Crippen LogP contribution in [0.25, 0.3) is 0 Å². The zero-order valence-corrected chi connectivity index (χ0v) is 15.5. The minimum atomic E-state index is -4.10. The van der Waals surface area contributed by atoms with Gasteiger partial charge in [-0.2, -0.15) is 4.31 Å². The highest BCUT2D eigenvalue weighted by Crippen LogP contribution is 2.27. The minimum absolute atomic E-state index is 0.0968. The summed E-state index contributed by atoms with van der Waals surface area (Å²) in [4.78, 5) is 11.9. The molecular weight excluding hydrogens is 385 g/mol. The second-order valence-electron chi connectivity index (χ2n) is 5.69. The highest BCUT2D eigenvalue weighted by Gasteiger charge is 2.27. The molecular formula is C17H17F3N2O4S. The number of carbonyl (C=O) groups excluding carboxylic acids is 1. The lowest BCUT2D eigenvalue weighted by Gasteiger charge is -2.19. The van der Waals surface area contributed by atoms with Crippen LogP contribution in [0.4, 0.5) is 18.9 Å². The molecule has 0 bridgehead atoms. The Morgan fingerprint density at radius 1 is 1.15 bits per heavy atom. The fourth-order valence-electron chi connectivity index (χ4n) is 2.25. The average Bonchev–Trinajstić information content (AvgIpc) is 2.62. The zero-order chi connectivity index (χ0) is 20.4. The Labute approximate surface area is 154 Å². The molecule has 1 amide bonds. The van der Waals surface area contributed by atoms with E-state index in [0.717, 1.165) is 17.4 Å². The van der Waals surface area contributed by atoms with Gasteiger partial charge in [-0.1, -0.05) is 6.07 Å². The summed E-state index contributed by atoms with van der Waals surface area (Å²) >= 11 is 0. The van der Waals surface area contributed by atoms with Crippen LogP contribution in [0.3, 0.4) is 0 Å². The molecule has 2 aromatic carbocycles. The monoisotopic (exact) mass is 402 g/mol. The Hall–Kier alpha value is -2.59. The molecule has 0 unspecified atom stereocenters. The number of amides is 1. The number of benzene rings is 2. The van der Waals surface area contributed by atoms with Gasteiger partial charge in [0.2, 0.25) is 15.9 Å². The lowest BCUT2D eigenvalue weighted by molar-refractivity contribution is -0.116. The van der Waals surface area contributed by atoms with Crippen LogP contribution < -0.4 is 10.1 Å². The first-order valence-corrected chi connectivity index (χ1v) is 9.06. The Balaban J connectivity index is 2.21. The molecule has 10 heteroatoms. The van der Waals surface area contributed by atoms with E-state index in [1.807, 2.05) is 5.32 Å². The summed E-state index contributed by atoms with van der Waals surface area (Å²) in [5.74, 6) is -5.55. The zero-order valence-electron chi connectivity index (χ0n) is 14.7. The molecule has 0 spiro atoms. The number of hydrogen-bond acceptors (Lipinski definition) is 4. The summed E-state index contributed by atoms with van der Waals surface area (Å²) < 4.78 is 70.9. The molecule has 0 aliphatic heterocycles. The second kappa shape index (κ2) is 7.97. The van der Waals surface area contributed by atoms with Crippen molar-refractivity contribution in [1.29, 1.82) is 0 Å². The van der Waals surface area contributed by atoms with Gasteiger partial charge in [-0.3, -0.25) is 4.79 Å². The van der Waals surface area contributed by atoms with Crippen LogP contribution in [0, 0.1) is 24.4 Å². The first-order valence-electron chi connectivity index (χ1n) is 7.62. The fourth-order valence-corrected chi connectivity index (χ4v) is 3.62. The molecule has 0 aliphatic rings. The van der Waals surface area contributed by atoms with Crippen molar-refractivity contribution in [2.75, 3.05) is 26.0 Å². The van der Waals surface area contributed by atoms with Crippen molar-refractivity contribution in [2.24, 2.45) is 0 Å². The van der Waals surface area contributed by atoms with Crippen molar-refractivity contribution in [3.8, 4) is 5.75 Å². The lowest BCUT2D eigenvalue weighted by Crippen LogP contribution is -2.35. The number of methoxy groups -OCH3 is 1. The molecule has 0 fully saturated rings. The van der Waals surface area contributed by atoms with E-state index in [1.54, 1.807) is 13.0 Å². The summed E-state index contributed by atoms with van der Waals surface area (Å²) in [6.07, 6.45) is 0. The number of anilines is 1. The van der Waals surface area contributed by atoms with E-state index in [2.05, 4.69) is 0 Å². The van der Waals surface area contributed by atoms with Crippen LogP contribution >= 0.6 is 0 Å². The highest BCUT2D eigenvalue weighted by molar-refractivity contribution is 7.89. The van der Waals surface area contributed by atoms with Gasteiger partial charge in [0.1, 0.15) is 10.6 Å². The summed E-state index contributed by atoms with van der Waals surface area (Å²) in [5.41, 5.74) is 0.0638. The topological polar surface area (TPSA) is 75.7 Å². The third-order valence-electron chi connectivity index (χ3n) is 3.68. The van der Waals surface area contributed by atoms with Crippen molar-refractivity contribution < 1.29 is 31.1 Å². The van der Waals surface area contributed by atoms with Crippen LogP contribution in [-0.2, 0) is 14.8 Å². The molecule has 0 aliphatic carbocycles. The van der Waals surface area contributed by atoms with Gasteiger partial charge in [0, 0.05) is 7.05 Å². The molecule has 2 aromatic rings. The minimum Gasteiger partial charge on any atom is -0.495 e. The number of sulfonamides is 1. The number of hydrogen-bond donors (Lipinski definition) is 1. The Kier molecular flexibility index (Phi) is 6.11. The number of nitrogens with zero attached hydrogens (tertiary/aromatic N) is 1. The van der Waals surface area contributed by atoms with Crippen molar-refractivity contribution in [3.63, 3.8) is 0 Å². The van der Waals surface area contributed by atoms with E-state index in [4.69, 9.17) is 4.74 Å². The first-order chi connectivity index (χ1) is 12.6. The normalized spacial score (nSPS) is 11.5. The molecule has 2 rings (SSSR count). The number of rotatable bonds is 6. The van der Waals surface area contributed by atoms with Crippen molar-refractivity contribution >= 4 is 21.6 Å². The van der Waals surface area contributed by atoms with Gasteiger partial charge in [-0.15, -0.1) is 0 Å². The van der Waals surface area contributed by atoms with Crippen molar-refractivity contribution in [3.05, 3.63) is 53.3 Å². The molecule has 0 heterocycles. The quantitative estimate of drug-likeness (QED) is 0.754. The van der Waals surface area contributed by atoms with Gasteiger partial charge in [0.15, 0.2) is 17.5 Å². The van der Waals surface area contributed by atoms with Crippen molar-refractivity contribution in [2.45, 2.75) is 11.8 Å². The summed E-state index contributed by atoms with van der Waals surface area (Å²) in [7, 11) is -1.64. The Morgan fingerprint density at radius 3 is 2.44 bits per heavy atom. The van der Waals surface area contributed by atoms with Gasteiger partial charge < -0.3 is 10.1 Å². The summed E-state index contributed by atoms with van der Waals surface area (Å²) in [5, 5.41) is 2.01. The Morgan fingerprint density at radius 2 is 1.81 bits per heavy atom. The van der Waals surface area contributed by atoms with Gasteiger partial charge in [0.25, 0.3) is 0 Å². The molecule has 0 aromatic heterocycles. The molecule has 6 nitrogen and oxygen atoms in total. The Bertz CT molecular complexity index is 980. The second-order valence-corrected chi connectivity index (χ2v) is 7.70. The van der Waals surface area contributed by atoms with E-state index >= 15 is 0 Å². The predicted molar refractivity (Wildman–Crippen MR) is 92.5 cm³/mol. The number of nitrogens with one attached hydrogen (secondary N) is 1. The molecule has 0 radical (unpaired) electrons. The van der Waals surface area contributed by atoms with E-state index in [0.29, 0.717) is 11.6 Å². The third-order valence-corrected chi connectivity index (χ3v) is 5.51. The molecule has 0 saturated heterocycles. The molecule has 0 saturated carbocycles. The predicted octanol–water partition coefficient (Wildman–Crippen LogP) is 2.68. The van der Waals surface area contributed by atoms with E-state index < -0.39 is 45.6 Å². The number of aryl methyl sites for hydroxylation is 1. The lowest BCUT2D eigenvalue weighted by atomic mass is 10.2.